The molecular formula is C42H54N8O3S. The molecule has 4 saturated carbocycles. The Morgan fingerprint density at radius 3 is 2.43 bits per heavy atom. The first-order valence-electron chi connectivity index (χ1n) is 19.6. The Hall–Kier alpha value is -4.42. The Bertz CT molecular complexity index is 1940. The first kappa shape index (κ1) is 37.9. The Morgan fingerprint density at radius 1 is 1.04 bits per heavy atom. The number of amides is 2. The third kappa shape index (κ3) is 8.00. The number of anilines is 2. The fourth-order valence-corrected chi connectivity index (χ4v) is 10.3. The summed E-state index contributed by atoms with van der Waals surface area (Å²) in [5.41, 5.74) is 9.54. The maximum absolute atomic E-state index is 13.1. The summed E-state index contributed by atoms with van der Waals surface area (Å²) in [6.07, 6.45) is 15.3. The number of hydrogen-bond acceptors (Lipinski definition) is 8. The number of nitrogen functional groups attached to an aromatic ring is 1. The van der Waals surface area contributed by atoms with E-state index in [4.69, 9.17) is 15.6 Å². The van der Waals surface area contributed by atoms with Crippen molar-refractivity contribution < 1.29 is 14.3 Å². The van der Waals surface area contributed by atoms with Gasteiger partial charge in [0.15, 0.2) is 11.4 Å². The van der Waals surface area contributed by atoms with Gasteiger partial charge in [0.25, 0.3) is 0 Å². The van der Waals surface area contributed by atoms with Crippen LogP contribution in [0.4, 0.5) is 11.5 Å². The van der Waals surface area contributed by atoms with Crippen molar-refractivity contribution in [1.29, 1.82) is 0 Å². The van der Waals surface area contributed by atoms with E-state index in [0.717, 1.165) is 62.2 Å². The van der Waals surface area contributed by atoms with Crippen molar-refractivity contribution in [3.05, 3.63) is 67.5 Å². The van der Waals surface area contributed by atoms with Crippen LogP contribution in [0.5, 0.6) is 11.5 Å². The first-order valence-corrected chi connectivity index (χ1v) is 19.6. The molecule has 1 atom stereocenters. The fraction of sp³-hybridized carbons (Fsp3) is 0.500. The van der Waals surface area contributed by atoms with Crippen LogP contribution in [0.25, 0.3) is 22.3 Å². The van der Waals surface area contributed by atoms with Crippen LogP contribution < -0.4 is 21.1 Å². The lowest BCUT2D eigenvalue weighted by Gasteiger charge is -2.57. The van der Waals surface area contributed by atoms with Crippen LogP contribution in [0, 0.1) is 29.1 Å². The number of aromatic nitrogens is 4. The highest BCUT2D eigenvalue weighted by molar-refractivity contribution is 7.59. The number of piperidine rings is 1. The average molecular weight is 751 g/mol. The van der Waals surface area contributed by atoms with E-state index < -0.39 is 0 Å². The van der Waals surface area contributed by atoms with Crippen molar-refractivity contribution in [1.82, 2.24) is 30.0 Å². The van der Waals surface area contributed by atoms with Crippen molar-refractivity contribution in [3.8, 4) is 22.8 Å². The van der Waals surface area contributed by atoms with E-state index >= 15 is 0 Å². The van der Waals surface area contributed by atoms with Gasteiger partial charge in [0, 0.05) is 37.7 Å². The zero-order valence-electron chi connectivity index (χ0n) is 31.3. The van der Waals surface area contributed by atoms with Crippen LogP contribution in [0.1, 0.15) is 77.2 Å². The molecule has 12 heteroatoms. The number of para-hydroxylation sites is 1. The number of rotatable bonds is 13. The van der Waals surface area contributed by atoms with E-state index in [1.54, 1.807) is 0 Å². The van der Waals surface area contributed by atoms with Gasteiger partial charge in [-0.25, -0.2) is 14.6 Å². The highest BCUT2D eigenvalue weighted by Crippen LogP contribution is 2.61. The molecule has 0 radical (unpaired) electrons. The number of carbonyl (C=O) groups excluding carboxylic acids is 2. The summed E-state index contributed by atoms with van der Waals surface area (Å²) in [5, 5.41) is 11.9. The first-order chi connectivity index (χ1) is 25.8. The number of hydrogen-bond donors (Lipinski definition) is 3. The minimum atomic E-state index is -0.355. The maximum atomic E-state index is 13.1. The Balaban J connectivity index is 0.00000450. The standard InChI is InChI=1S/C42H52N8O3.H2S/c1-3-36(51)47-34-22-31(9-10-35(34)53-33-7-5-4-6-8-33)38-37-39(43)45-26-46-40(37)50(48-38)32-12-16-49(17-13-32)18-15-44-41(52)27(2)11-14-42-23-28-19-29(24-42)21-30(20-28)25-42;/h3-10,22,26-30,32H,1,11-21,23-25H2,2H3,(H,44,52)(H,47,51)(H2,43,45,46);1H2/t27-,28?,29?,30?,42?;/m0./s1. The van der Waals surface area contributed by atoms with Gasteiger partial charge < -0.3 is 26.0 Å². The number of benzene rings is 2. The fourth-order valence-electron chi connectivity index (χ4n) is 10.3. The summed E-state index contributed by atoms with van der Waals surface area (Å²) < 4.78 is 8.11. The van der Waals surface area contributed by atoms with Crippen molar-refractivity contribution in [2.75, 3.05) is 37.2 Å². The lowest BCUT2D eigenvalue weighted by atomic mass is 9.48. The Morgan fingerprint density at radius 2 is 1.74 bits per heavy atom. The second kappa shape index (κ2) is 16.1. The summed E-state index contributed by atoms with van der Waals surface area (Å²) in [7, 11) is 0. The molecule has 54 heavy (non-hydrogen) atoms. The molecule has 0 unspecified atom stereocenters. The van der Waals surface area contributed by atoms with Crippen molar-refractivity contribution in [2.45, 2.75) is 77.2 Å². The molecule has 1 aliphatic heterocycles. The summed E-state index contributed by atoms with van der Waals surface area (Å²) in [5.74, 6) is 4.26. The summed E-state index contributed by atoms with van der Waals surface area (Å²) in [6.45, 7) is 9.00. The zero-order chi connectivity index (χ0) is 36.5. The summed E-state index contributed by atoms with van der Waals surface area (Å²) >= 11 is 0. The molecule has 4 aliphatic carbocycles. The molecule has 5 fully saturated rings. The molecule has 4 aromatic rings. The molecule has 5 aliphatic rings. The molecule has 2 aromatic heterocycles. The predicted octanol–water partition coefficient (Wildman–Crippen LogP) is 7.49. The average Bonchev–Trinajstić information content (AvgIpc) is 3.55. The third-order valence-corrected chi connectivity index (χ3v) is 12.5. The molecule has 1 saturated heterocycles. The molecule has 4 N–H and O–H groups in total. The molecule has 286 valence electrons. The largest absolute Gasteiger partial charge is 0.455 e. The Labute approximate surface area is 325 Å². The molecular weight excluding hydrogens is 697 g/mol. The normalized spacial score (nSPS) is 24.1. The number of carbonyl (C=O) groups is 2. The third-order valence-electron chi connectivity index (χ3n) is 12.5. The van der Waals surface area contributed by atoms with Crippen molar-refractivity contribution >= 4 is 47.8 Å². The summed E-state index contributed by atoms with van der Waals surface area (Å²) in [6, 6.07) is 15.1. The minimum absolute atomic E-state index is 0. The highest BCUT2D eigenvalue weighted by atomic mass is 32.1. The number of nitrogens with two attached hydrogens (primary N) is 1. The molecule has 9 rings (SSSR count). The monoisotopic (exact) mass is 750 g/mol. The van der Waals surface area contributed by atoms with Gasteiger partial charge in [-0.2, -0.15) is 18.6 Å². The molecule has 0 spiro atoms. The number of nitrogens with zero attached hydrogens (tertiary/aromatic N) is 5. The number of fused-ring (bicyclic) bond motifs is 1. The SMILES string of the molecule is C=CC(=O)Nc1cc(-c2nn(C3CCN(CCNC(=O)[C@@H](C)CCC45CC6CC(CC(C6)C4)C5)CC3)c3ncnc(N)c23)ccc1Oc1ccccc1.S. The smallest absolute Gasteiger partial charge is 0.247 e. The quantitative estimate of drug-likeness (QED) is 0.120. The van der Waals surface area contributed by atoms with Crippen LogP contribution in [0.2, 0.25) is 0 Å². The summed E-state index contributed by atoms with van der Waals surface area (Å²) in [4.78, 5) is 36.9. The minimum Gasteiger partial charge on any atom is -0.455 e. The predicted molar refractivity (Wildman–Crippen MR) is 218 cm³/mol. The second-order valence-corrected chi connectivity index (χ2v) is 16.3. The van der Waals surface area contributed by atoms with Gasteiger partial charge in [-0.05, 0) is 124 Å². The van der Waals surface area contributed by atoms with Crippen LogP contribution in [-0.2, 0) is 9.59 Å². The van der Waals surface area contributed by atoms with Gasteiger partial charge in [-0.15, -0.1) is 0 Å². The number of ether oxygens (including phenoxy) is 1. The van der Waals surface area contributed by atoms with Crippen molar-refractivity contribution in [2.24, 2.45) is 29.1 Å². The Kier molecular flexibility index (Phi) is 11.3. The van der Waals surface area contributed by atoms with E-state index in [-0.39, 0.29) is 37.3 Å². The van der Waals surface area contributed by atoms with Gasteiger partial charge in [-0.3, -0.25) is 9.59 Å². The van der Waals surface area contributed by atoms with Gasteiger partial charge in [0.2, 0.25) is 11.8 Å². The van der Waals surface area contributed by atoms with Crippen LogP contribution in [0.3, 0.4) is 0 Å². The second-order valence-electron chi connectivity index (χ2n) is 16.3. The van der Waals surface area contributed by atoms with E-state index in [9.17, 15) is 9.59 Å². The van der Waals surface area contributed by atoms with E-state index in [2.05, 4.69) is 39.0 Å². The van der Waals surface area contributed by atoms with Crippen LogP contribution >= 0.6 is 13.5 Å². The van der Waals surface area contributed by atoms with Gasteiger partial charge in [-0.1, -0.05) is 31.7 Å². The molecule has 2 aromatic carbocycles. The van der Waals surface area contributed by atoms with Crippen LogP contribution in [-0.4, -0.2) is 62.6 Å². The zero-order valence-corrected chi connectivity index (χ0v) is 32.3. The molecule has 2 amide bonds. The lowest BCUT2D eigenvalue weighted by Crippen LogP contribution is -2.46. The van der Waals surface area contributed by atoms with Crippen molar-refractivity contribution in [3.63, 3.8) is 0 Å². The van der Waals surface area contributed by atoms with E-state index in [0.29, 0.717) is 51.7 Å². The topological polar surface area (TPSA) is 140 Å². The highest BCUT2D eigenvalue weighted by Gasteiger charge is 2.50. The van der Waals surface area contributed by atoms with Gasteiger partial charge in [0.1, 0.15) is 23.6 Å². The molecule has 11 nitrogen and oxygen atoms in total. The van der Waals surface area contributed by atoms with Gasteiger partial charge >= 0.3 is 0 Å². The van der Waals surface area contributed by atoms with E-state index in [1.165, 1.54) is 57.3 Å². The molecule has 3 heterocycles. The van der Waals surface area contributed by atoms with Gasteiger partial charge in [0.05, 0.1) is 17.1 Å². The lowest BCUT2D eigenvalue weighted by molar-refractivity contribution is -0.125. The van der Waals surface area contributed by atoms with Crippen LogP contribution in [0.15, 0.2) is 67.5 Å². The molecule has 4 bridgehead atoms. The number of nitrogens with one attached hydrogen (secondary N) is 2. The number of likely N-dealkylation sites (tertiary alicyclic amines) is 1. The maximum Gasteiger partial charge on any atom is 0.247 e. The van der Waals surface area contributed by atoms with E-state index in [1.807, 2.05) is 53.2 Å².